The third-order valence-corrected chi connectivity index (χ3v) is 4.50. The third-order valence-electron chi connectivity index (χ3n) is 4.50. The largest absolute Gasteiger partial charge is 0.512 e. The Morgan fingerprint density at radius 3 is 2.23 bits per heavy atom. The smallest absolute Gasteiger partial charge is 0.155 e. The fourth-order valence-corrected chi connectivity index (χ4v) is 3.55. The maximum atomic E-state index is 10.0. The van der Waals surface area contributed by atoms with Gasteiger partial charge in [-0.1, -0.05) is 45.9 Å². The Morgan fingerprint density at radius 2 is 1.71 bits per heavy atom. The number of allylic oxidation sites excluding steroid dienone is 2. The predicted molar refractivity (Wildman–Crippen MR) is 126 cm³/mol. The van der Waals surface area contributed by atoms with Crippen LogP contribution in [0.15, 0.2) is 48.2 Å². The van der Waals surface area contributed by atoms with E-state index in [1.165, 1.54) is 42.0 Å². The first-order chi connectivity index (χ1) is 14.0. The van der Waals surface area contributed by atoms with Crippen molar-refractivity contribution in [1.29, 1.82) is 0 Å². The van der Waals surface area contributed by atoms with Gasteiger partial charge in [-0.05, 0) is 56.0 Å². The van der Waals surface area contributed by atoms with Crippen molar-refractivity contribution in [1.82, 2.24) is 4.98 Å². The van der Waals surface area contributed by atoms with Crippen LogP contribution in [0.1, 0.15) is 49.9 Å². The van der Waals surface area contributed by atoms with E-state index in [1.807, 2.05) is 0 Å². The van der Waals surface area contributed by atoms with E-state index in [1.54, 1.807) is 0 Å². The van der Waals surface area contributed by atoms with Crippen LogP contribution in [0.25, 0.3) is 22.2 Å². The van der Waals surface area contributed by atoms with E-state index < -0.39 is 0 Å². The number of fused-ring (bicyclic) bond motifs is 1. The van der Waals surface area contributed by atoms with Crippen LogP contribution in [0.4, 0.5) is 0 Å². The minimum absolute atomic E-state index is 0. The molecule has 3 rings (SSSR count). The Kier molecular flexibility index (Phi) is 10.3. The van der Waals surface area contributed by atoms with Gasteiger partial charge in [0.15, 0.2) is 5.78 Å². The van der Waals surface area contributed by atoms with E-state index in [4.69, 9.17) is 10.1 Å². The number of hydrogen-bond acceptors (Lipinski definition) is 3. The number of ketones is 1. The first-order valence-electron chi connectivity index (χ1n) is 10.3. The summed E-state index contributed by atoms with van der Waals surface area (Å²) in [6.45, 7) is 13.7. The fourth-order valence-electron chi connectivity index (χ4n) is 3.55. The molecule has 0 spiro atoms. The molecule has 3 nitrogen and oxygen atoms in total. The van der Waals surface area contributed by atoms with Gasteiger partial charge in [0.2, 0.25) is 0 Å². The average Bonchev–Trinajstić information content (AvgIpc) is 2.59. The summed E-state index contributed by atoms with van der Waals surface area (Å²) in [6.07, 6.45) is 2.26. The van der Waals surface area contributed by atoms with Gasteiger partial charge in [0, 0.05) is 31.6 Å². The second kappa shape index (κ2) is 11.9. The molecule has 167 valence electrons. The van der Waals surface area contributed by atoms with Gasteiger partial charge in [-0.15, -0.1) is 34.9 Å². The van der Waals surface area contributed by atoms with Crippen molar-refractivity contribution in [2.75, 3.05) is 0 Å². The van der Waals surface area contributed by atoms with E-state index >= 15 is 0 Å². The van der Waals surface area contributed by atoms with Gasteiger partial charge >= 0.3 is 0 Å². The van der Waals surface area contributed by atoms with Gasteiger partial charge in [0.1, 0.15) is 0 Å². The first kappa shape index (κ1) is 26.7. The molecule has 0 aliphatic heterocycles. The number of benzene rings is 2. The predicted octanol–water partition coefficient (Wildman–Crippen LogP) is 6.86. The van der Waals surface area contributed by atoms with Crippen LogP contribution in [0.2, 0.25) is 0 Å². The summed E-state index contributed by atoms with van der Waals surface area (Å²) in [6, 6.07) is 16.6. The molecule has 0 aliphatic rings. The Balaban J connectivity index is 0.000000523. The van der Waals surface area contributed by atoms with Crippen molar-refractivity contribution in [2.24, 2.45) is 5.92 Å². The van der Waals surface area contributed by atoms with Gasteiger partial charge in [0.25, 0.3) is 0 Å². The molecule has 0 unspecified atom stereocenters. The maximum Gasteiger partial charge on any atom is 0.155 e. The summed E-state index contributed by atoms with van der Waals surface area (Å²) in [5, 5.41) is 9.64. The van der Waals surface area contributed by atoms with Gasteiger partial charge in [0.05, 0.1) is 11.3 Å². The summed E-state index contributed by atoms with van der Waals surface area (Å²) in [7, 11) is 0. The summed E-state index contributed by atoms with van der Waals surface area (Å²) < 4.78 is 0. The van der Waals surface area contributed by atoms with Crippen LogP contribution in [0, 0.1) is 32.8 Å². The molecular formula is C27H32IrNO2-. The van der Waals surface area contributed by atoms with Crippen LogP contribution < -0.4 is 0 Å². The molecule has 0 saturated heterocycles. The van der Waals surface area contributed by atoms with E-state index in [-0.39, 0.29) is 31.6 Å². The number of aliphatic hydroxyl groups excluding tert-OH is 1. The van der Waals surface area contributed by atoms with Crippen LogP contribution in [0.3, 0.4) is 0 Å². The topological polar surface area (TPSA) is 50.2 Å². The van der Waals surface area contributed by atoms with Crippen LogP contribution in [-0.4, -0.2) is 15.9 Å². The number of carbonyl (C=O) groups is 1. The molecule has 4 heteroatoms. The molecule has 1 heterocycles. The number of aryl methyl sites for hydroxylation is 3. The van der Waals surface area contributed by atoms with Gasteiger partial charge in [-0.2, -0.15) is 0 Å². The zero-order valence-corrected chi connectivity index (χ0v) is 21.9. The zero-order chi connectivity index (χ0) is 22.4. The molecule has 1 radical (unpaired) electrons. The first-order valence-corrected chi connectivity index (χ1v) is 10.3. The average molecular weight is 595 g/mol. The number of nitrogens with zero attached hydrogens (tertiary/aromatic N) is 1. The normalized spacial score (nSPS) is 11.0. The molecule has 3 aromatic rings. The number of pyridine rings is 1. The van der Waals surface area contributed by atoms with E-state index in [9.17, 15) is 4.79 Å². The van der Waals surface area contributed by atoms with Gasteiger partial charge < -0.3 is 5.11 Å². The molecular weight excluding hydrogens is 563 g/mol. The molecule has 2 aromatic carbocycles. The summed E-state index contributed by atoms with van der Waals surface area (Å²) >= 11 is 0. The van der Waals surface area contributed by atoms with Crippen LogP contribution >= 0.6 is 0 Å². The Labute approximate surface area is 200 Å². The summed E-state index contributed by atoms with van der Waals surface area (Å²) in [5.41, 5.74) is 8.27. The number of carbonyl (C=O) groups excluding carboxylic acids is 1. The van der Waals surface area contributed by atoms with Crippen molar-refractivity contribution in [2.45, 2.75) is 54.9 Å². The molecule has 1 aromatic heterocycles. The van der Waals surface area contributed by atoms with Crippen molar-refractivity contribution in [3.05, 3.63) is 76.6 Å². The van der Waals surface area contributed by atoms with Crippen molar-refractivity contribution in [3.63, 3.8) is 0 Å². The minimum atomic E-state index is -0.125. The standard InChI is InChI=1S/C22H24N.C5H8O2.Ir/c1-14(2)8-18-10-17(5)13-22-20(18)6-7-21(23-22)19-11-15(3)9-16(4)12-19;1-4(6)3-5(2)7;/h6-7,9-11,13-14H,8H2,1-5H3;3,6H,1-2H3;/q-1;;/b;4-3-;. The minimum Gasteiger partial charge on any atom is -0.512 e. The second-order valence-electron chi connectivity index (χ2n) is 8.44. The molecule has 0 fully saturated rings. The van der Waals surface area contributed by atoms with E-state index in [0.29, 0.717) is 5.92 Å². The van der Waals surface area contributed by atoms with Crippen molar-refractivity contribution < 1.29 is 30.0 Å². The molecule has 0 amide bonds. The van der Waals surface area contributed by atoms with Crippen molar-refractivity contribution in [3.8, 4) is 11.3 Å². The molecule has 0 bridgehead atoms. The van der Waals surface area contributed by atoms with E-state index in [2.05, 4.69) is 77.1 Å². The third kappa shape index (κ3) is 8.39. The monoisotopic (exact) mass is 595 g/mol. The number of rotatable bonds is 4. The summed E-state index contributed by atoms with van der Waals surface area (Å²) in [4.78, 5) is 14.9. The Hall–Kier alpha value is -2.29. The molecule has 1 N–H and O–H groups in total. The molecule has 0 atom stereocenters. The molecule has 0 aliphatic carbocycles. The van der Waals surface area contributed by atoms with Crippen molar-refractivity contribution >= 4 is 16.7 Å². The Bertz CT molecular complexity index is 1060. The number of hydrogen-bond donors (Lipinski definition) is 1. The maximum absolute atomic E-state index is 10.0. The quantitative estimate of drug-likeness (QED) is 0.204. The van der Waals surface area contributed by atoms with Crippen LogP contribution in [-0.2, 0) is 31.3 Å². The summed E-state index contributed by atoms with van der Waals surface area (Å²) in [5.74, 6) is 0.583. The number of aromatic nitrogens is 1. The SMILES string of the molecule is CC(=O)/C=C(/C)O.Cc1[c-]c(-c2ccc3c(CC(C)C)cc(C)cc3n2)cc(C)c1.[Ir]. The van der Waals surface area contributed by atoms with Gasteiger partial charge in [-0.3, -0.25) is 9.78 Å². The number of aliphatic hydroxyl groups is 1. The Morgan fingerprint density at radius 1 is 1.06 bits per heavy atom. The van der Waals surface area contributed by atoms with Crippen LogP contribution in [0.5, 0.6) is 0 Å². The molecule has 0 saturated carbocycles. The van der Waals surface area contributed by atoms with Gasteiger partial charge in [-0.25, -0.2) is 0 Å². The fraction of sp³-hybridized carbons (Fsp3) is 0.333. The van der Waals surface area contributed by atoms with E-state index in [0.717, 1.165) is 28.8 Å². The second-order valence-corrected chi connectivity index (χ2v) is 8.44. The zero-order valence-electron chi connectivity index (χ0n) is 19.5. The molecule has 31 heavy (non-hydrogen) atoms.